The lowest BCUT2D eigenvalue weighted by Crippen LogP contribution is -2.63. The highest BCUT2D eigenvalue weighted by Crippen LogP contribution is 2.38. The maximum atomic E-state index is 12.5. The van der Waals surface area contributed by atoms with Crippen LogP contribution in [0.15, 0.2) is 42.6 Å². The Morgan fingerprint density at radius 1 is 1.12 bits per heavy atom. The van der Waals surface area contributed by atoms with Crippen LogP contribution in [0.3, 0.4) is 0 Å². The van der Waals surface area contributed by atoms with E-state index in [-0.39, 0.29) is 18.5 Å². The van der Waals surface area contributed by atoms with Crippen molar-refractivity contribution < 1.29 is 9.59 Å². The van der Waals surface area contributed by atoms with Gasteiger partial charge in [-0.2, -0.15) is 0 Å². The van der Waals surface area contributed by atoms with E-state index < -0.39 is 0 Å². The average Bonchev–Trinajstić information content (AvgIpc) is 2.80. The zero-order valence-electron chi connectivity index (χ0n) is 19.4. The highest BCUT2D eigenvalue weighted by molar-refractivity contribution is 5.93. The van der Waals surface area contributed by atoms with Crippen LogP contribution < -0.4 is 10.6 Å². The molecule has 1 saturated carbocycles. The van der Waals surface area contributed by atoms with E-state index >= 15 is 0 Å². The first kappa shape index (κ1) is 22.1. The van der Waals surface area contributed by atoms with Gasteiger partial charge >= 0.3 is 0 Å². The third-order valence-electron chi connectivity index (χ3n) is 7.74. The van der Waals surface area contributed by atoms with Gasteiger partial charge in [-0.1, -0.05) is 23.8 Å². The Morgan fingerprint density at radius 2 is 1.94 bits per heavy atom. The average molecular weight is 447 g/mol. The van der Waals surface area contributed by atoms with Crippen molar-refractivity contribution in [2.24, 2.45) is 11.8 Å². The third-order valence-corrected chi connectivity index (χ3v) is 7.74. The molecule has 0 spiro atoms. The number of aryl methyl sites for hydroxylation is 1. The summed E-state index contributed by atoms with van der Waals surface area (Å²) < 4.78 is 0. The van der Waals surface area contributed by atoms with E-state index in [1.165, 1.54) is 31.2 Å². The van der Waals surface area contributed by atoms with Gasteiger partial charge in [-0.3, -0.25) is 14.5 Å². The SMILES string of the molecule is Cc1ccc2ccnc(NCC(=O)NC3CN(C4CCC(C5CC=CC(=O)C5)CC4)C3)c2c1. The van der Waals surface area contributed by atoms with E-state index in [1.54, 1.807) is 12.3 Å². The van der Waals surface area contributed by atoms with Crippen molar-refractivity contribution in [1.82, 2.24) is 15.2 Å². The standard InChI is InChI=1S/C27H34N4O2/c1-18-5-6-20-11-12-28-27(25(20)13-18)29-15-26(33)30-22-16-31(17-22)23-9-7-19(8-10-23)21-3-2-4-24(32)14-21/h2,4-6,11-13,19,21-23H,3,7-10,14-17H2,1H3,(H,28,29)(H,30,33). The number of pyridine rings is 1. The van der Waals surface area contributed by atoms with Crippen molar-refractivity contribution in [1.29, 1.82) is 0 Å². The summed E-state index contributed by atoms with van der Waals surface area (Å²) in [7, 11) is 0. The molecule has 33 heavy (non-hydrogen) atoms. The first-order valence-corrected chi connectivity index (χ1v) is 12.4. The van der Waals surface area contributed by atoms with E-state index in [1.807, 2.05) is 6.07 Å². The molecule has 2 aromatic rings. The maximum absolute atomic E-state index is 12.5. The molecule has 1 saturated heterocycles. The minimum Gasteiger partial charge on any atom is -0.360 e. The molecule has 1 aromatic heterocycles. The molecular weight excluding hydrogens is 412 g/mol. The summed E-state index contributed by atoms with van der Waals surface area (Å²) in [5.41, 5.74) is 1.18. The second kappa shape index (κ2) is 9.64. The quantitative estimate of drug-likeness (QED) is 0.705. The maximum Gasteiger partial charge on any atom is 0.239 e. The normalized spacial score (nSPS) is 26.2. The van der Waals surface area contributed by atoms with Crippen molar-refractivity contribution in [2.75, 3.05) is 25.0 Å². The van der Waals surface area contributed by atoms with Crippen LogP contribution in [0.2, 0.25) is 0 Å². The summed E-state index contributed by atoms with van der Waals surface area (Å²) in [5.74, 6) is 2.33. The number of nitrogens with zero attached hydrogens (tertiary/aromatic N) is 2. The number of hydrogen-bond donors (Lipinski definition) is 2. The smallest absolute Gasteiger partial charge is 0.239 e. The van der Waals surface area contributed by atoms with Gasteiger partial charge in [-0.15, -0.1) is 0 Å². The van der Waals surface area contributed by atoms with Crippen LogP contribution in [0.1, 0.15) is 44.1 Å². The van der Waals surface area contributed by atoms with Crippen molar-refractivity contribution in [3.05, 3.63) is 48.2 Å². The molecule has 6 nitrogen and oxygen atoms in total. The van der Waals surface area contributed by atoms with Crippen LogP contribution in [0.25, 0.3) is 10.8 Å². The van der Waals surface area contributed by atoms with Crippen LogP contribution in [0.4, 0.5) is 5.82 Å². The van der Waals surface area contributed by atoms with E-state index in [9.17, 15) is 9.59 Å². The molecular formula is C27H34N4O2. The van der Waals surface area contributed by atoms with E-state index in [0.717, 1.165) is 42.5 Å². The summed E-state index contributed by atoms with van der Waals surface area (Å²) in [6.07, 6.45) is 12.3. The lowest BCUT2D eigenvalue weighted by atomic mass is 9.73. The highest BCUT2D eigenvalue weighted by atomic mass is 16.2. The summed E-state index contributed by atoms with van der Waals surface area (Å²) in [6, 6.07) is 9.12. The number of allylic oxidation sites excluding steroid dienone is 2. The van der Waals surface area contributed by atoms with E-state index in [2.05, 4.69) is 51.7 Å². The summed E-state index contributed by atoms with van der Waals surface area (Å²) in [6.45, 7) is 4.18. The number of benzene rings is 1. The number of rotatable bonds is 6. The Hall–Kier alpha value is -2.73. The number of amides is 1. The molecule has 6 heteroatoms. The zero-order valence-corrected chi connectivity index (χ0v) is 19.4. The molecule has 1 amide bonds. The number of carbonyl (C=O) groups excluding carboxylic acids is 2. The Bertz CT molecular complexity index is 1050. The third kappa shape index (κ3) is 5.11. The number of carbonyl (C=O) groups is 2. The van der Waals surface area contributed by atoms with Gasteiger partial charge in [0.15, 0.2) is 5.78 Å². The van der Waals surface area contributed by atoms with Gasteiger partial charge in [0.1, 0.15) is 5.82 Å². The number of aromatic nitrogens is 1. The largest absolute Gasteiger partial charge is 0.360 e. The van der Waals surface area contributed by atoms with Gasteiger partial charge in [0.25, 0.3) is 0 Å². The fourth-order valence-corrected chi connectivity index (χ4v) is 5.85. The molecule has 3 aliphatic rings. The predicted octanol–water partition coefficient (Wildman–Crippen LogP) is 3.85. The van der Waals surface area contributed by atoms with Gasteiger partial charge in [-0.25, -0.2) is 4.98 Å². The van der Waals surface area contributed by atoms with Crippen molar-refractivity contribution in [2.45, 2.75) is 57.5 Å². The molecule has 0 radical (unpaired) electrons. The fraction of sp³-hybridized carbons (Fsp3) is 0.519. The predicted molar refractivity (Wildman–Crippen MR) is 131 cm³/mol. The first-order chi connectivity index (χ1) is 16.0. The van der Waals surface area contributed by atoms with E-state index in [4.69, 9.17) is 0 Å². The summed E-state index contributed by atoms with van der Waals surface area (Å²) in [4.78, 5) is 31.2. The van der Waals surface area contributed by atoms with Crippen molar-refractivity contribution in [3.8, 4) is 0 Å². The van der Waals surface area contributed by atoms with Gasteiger partial charge in [-0.05, 0) is 74.5 Å². The molecule has 1 atom stereocenters. The Morgan fingerprint density at radius 3 is 2.73 bits per heavy atom. The summed E-state index contributed by atoms with van der Waals surface area (Å²) in [5, 5.41) is 8.55. The number of fused-ring (bicyclic) bond motifs is 1. The van der Waals surface area contributed by atoms with Gasteiger partial charge in [0, 0.05) is 37.1 Å². The molecule has 2 N–H and O–H groups in total. The molecule has 1 aliphatic heterocycles. The zero-order chi connectivity index (χ0) is 22.8. The van der Waals surface area contributed by atoms with Crippen LogP contribution in [0.5, 0.6) is 0 Å². The number of likely N-dealkylation sites (tertiary alicyclic amines) is 1. The number of ketones is 1. The van der Waals surface area contributed by atoms with Crippen molar-refractivity contribution >= 4 is 28.3 Å². The lowest BCUT2D eigenvalue weighted by Gasteiger charge is -2.47. The molecule has 2 heterocycles. The second-order valence-electron chi connectivity index (χ2n) is 10.1. The Labute approximate surface area is 195 Å². The number of nitrogens with one attached hydrogen (secondary N) is 2. The topological polar surface area (TPSA) is 74.3 Å². The van der Waals surface area contributed by atoms with Crippen molar-refractivity contribution in [3.63, 3.8) is 0 Å². The molecule has 2 aliphatic carbocycles. The number of anilines is 1. The van der Waals surface area contributed by atoms with Gasteiger partial charge in [0.2, 0.25) is 5.91 Å². The van der Waals surface area contributed by atoms with Gasteiger partial charge < -0.3 is 10.6 Å². The molecule has 0 bridgehead atoms. The molecule has 2 fully saturated rings. The molecule has 174 valence electrons. The van der Waals surface area contributed by atoms with Crippen LogP contribution >= 0.6 is 0 Å². The highest BCUT2D eigenvalue weighted by Gasteiger charge is 2.37. The monoisotopic (exact) mass is 446 g/mol. The molecule has 5 rings (SSSR count). The molecule has 1 aromatic carbocycles. The summed E-state index contributed by atoms with van der Waals surface area (Å²) >= 11 is 0. The first-order valence-electron chi connectivity index (χ1n) is 12.4. The van der Waals surface area contributed by atoms with E-state index in [0.29, 0.717) is 23.7 Å². The van der Waals surface area contributed by atoms with Crippen LogP contribution in [0, 0.1) is 18.8 Å². The van der Waals surface area contributed by atoms with Crippen LogP contribution in [-0.2, 0) is 9.59 Å². The van der Waals surface area contributed by atoms with Crippen LogP contribution in [-0.4, -0.2) is 53.3 Å². The Balaban J connectivity index is 1.04. The second-order valence-corrected chi connectivity index (χ2v) is 10.1. The Kier molecular flexibility index (Phi) is 6.45. The lowest BCUT2D eigenvalue weighted by molar-refractivity contribution is -0.121. The fourth-order valence-electron chi connectivity index (χ4n) is 5.85. The van der Waals surface area contributed by atoms with Gasteiger partial charge in [0.05, 0.1) is 12.6 Å². The minimum absolute atomic E-state index is 0.0184. The molecule has 1 unspecified atom stereocenters. The number of hydrogen-bond acceptors (Lipinski definition) is 5. The minimum atomic E-state index is 0.0184.